The summed E-state index contributed by atoms with van der Waals surface area (Å²) < 4.78 is 0. The van der Waals surface area contributed by atoms with E-state index >= 15 is 0 Å². The lowest BCUT2D eigenvalue weighted by atomic mass is 10.1. The third-order valence-electron chi connectivity index (χ3n) is 4.18. The monoisotopic (exact) mass is 373 g/mol. The SMILES string of the molecule is O=C1CCCN1CN(C(=O)c1ccccc1[N+](=O)[O-])c1cccc(Cl)c1. The topological polar surface area (TPSA) is 83.8 Å². The highest BCUT2D eigenvalue weighted by Crippen LogP contribution is 2.26. The Hall–Kier alpha value is -2.93. The molecule has 0 aromatic heterocycles. The van der Waals surface area contributed by atoms with E-state index in [-0.39, 0.29) is 23.8 Å². The lowest BCUT2D eigenvalue weighted by Gasteiger charge is -2.28. The number of para-hydroxylation sites is 1. The maximum atomic E-state index is 13.1. The van der Waals surface area contributed by atoms with Crippen LogP contribution in [-0.4, -0.2) is 34.9 Å². The molecule has 134 valence electrons. The molecule has 2 amide bonds. The van der Waals surface area contributed by atoms with Crippen molar-refractivity contribution in [2.24, 2.45) is 0 Å². The Morgan fingerprint density at radius 2 is 2.00 bits per heavy atom. The van der Waals surface area contributed by atoms with Crippen molar-refractivity contribution in [3.63, 3.8) is 0 Å². The fraction of sp³-hybridized carbons (Fsp3) is 0.222. The lowest BCUT2D eigenvalue weighted by Crippen LogP contribution is -2.42. The van der Waals surface area contributed by atoms with Crippen LogP contribution in [0, 0.1) is 10.1 Å². The fourth-order valence-electron chi connectivity index (χ4n) is 2.89. The van der Waals surface area contributed by atoms with Gasteiger partial charge in [0, 0.05) is 29.7 Å². The van der Waals surface area contributed by atoms with Crippen molar-refractivity contribution in [2.75, 3.05) is 18.1 Å². The first-order valence-electron chi connectivity index (χ1n) is 8.06. The molecule has 0 N–H and O–H groups in total. The highest BCUT2D eigenvalue weighted by atomic mass is 35.5. The first kappa shape index (κ1) is 17.9. The van der Waals surface area contributed by atoms with Gasteiger partial charge in [-0.25, -0.2) is 0 Å². The van der Waals surface area contributed by atoms with Crippen LogP contribution in [0.5, 0.6) is 0 Å². The van der Waals surface area contributed by atoms with Gasteiger partial charge in [0.05, 0.1) is 4.92 Å². The molecule has 1 aliphatic rings. The molecule has 0 saturated carbocycles. The molecule has 1 heterocycles. The number of benzene rings is 2. The highest BCUT2D eigenvalue weighted by molar-refractivity contribution is 6.31. The summed E-state index contributed by atoms with van der Waals surface area (Å²) in [5.41, 5.74) is 0.154. The Labute approximate surface area is 154 Å². The average Bonchev–Trinajstić information content (AvgIpc) is 3.03. The molecule has 8 heteroatoms. The largest absolute Gasteiger partial charge is 0.324 e. The van der Waals surface area contributed by atoms with Crippen LogP contribution in [0.2, 0.25) is 5.02 Å². The van der Waals surface area contributed by atoms with E-state index in [9.17, 15) is 19.7 Å². The Kier molecular flexibility index (Phi) is 5.18. The van der Waals surface area contributed by atoms with Gasteiger partial charge < -0.3 is 4.90 Å². The van der Waals surface area contributed by atoms with E-state index < -0.39 is 10.8 Å². The summed E-state index contributed by atoms with van der Waals surface area (Å²) in [5, 5.41) is 11.7. The number of amides is 2. The van der Waals surface area contributed by atoms with Crippen molar-refractivity contribution in [3.05, 3.63) is 69.2 Å². The average molecular weight is 374 g/mol. The number of carbonyl (C=O) groups excluding carboxylic acids is 2. The fourth-order valence-corrected chi connectivity index (χ4v) is 3.08. The molecule has 3 rings (SSSR count). The Morgan fingerprint density at radius 3 is 2.65 bits per heavy atom. The first-order chi connectivity index (χ1) is 12.5. The standard InChI is InChI=1S/C18H16ClN3O4/c19-13-5-3-6-14(11-13)21(12-20-10-4-9-17(20)23)18(24)15-7-1-2-8-16(15)22(25)26/h1-3,5-8,11H,4,9-10,12H2. The van der Waals surface area contributed by atoms with Crippen molar-refractivity contribution in [1.82, 2.24) is 4.90 Å². The molecule has 0 atom stereocenters. The molecular formula is C18H16ClN3O4. The van der Waals surface area contributed by atoms with Gasteiger partial charge in [0.2, 0.25) is 5.91 Å². The van der Waals surface area contributed by atoms with Gasteiger partial charge in [-0.3, -0.25) is 24.6 Å². The first-order valence-corrected chi connectivity index (χ1v) is 8.44. The summed E-state index contributed by atoms with van der Waals surface area (Å²) in [4.78, 5) is 38.7. The minimum atomic E-state index is -0.593. The molecule has 7 nitrogen and oxygen atoms in total. The molecule has 2 aromatic carbocycles. The highest BCUT2D eigenvalue weighted by Gasteiger charge is 2.29. The van der Waals surface area contributed by atoms with Crippen LogP contribution in [-0.2, 0) is 4.79 Å². The van der Waals surface area contributed by atoms with Crippen LogP contribution in [0.25, 0.3) is 0 Å². The predicted octanol–water partition coefficient (Wildman–Crippen LogP) is 3.47. The van der Waals surface area contributed by atoms with Gasteiger partial charge in [0.25, 0.3) is 11.6 Å². The second kappa shape index (κ2) is 7.53. The number of hydrogen-bond acceptors (Lipinski definition) is 4. The summed E-state index contributed by atoms with van der Waals surface area (Å²) in [6.45, 7) is 0.560. The molecule has 0 bridgehead atoms. The summed E-state index contributed by atoms with van der Waals surface area (Å²) in [7, 11) is 0. The van der Waals surface area contributed by atoms with Gasteiger partial charge in [0.15, 0.2) is 0 Å². The molecule has 0 aliphatic carbocycles. The summed E-state index contributed by atoms with van der Waals surface area (Å²) >= 11 is 6.04. The van der Waals surface area contributed by atoms with E-state index in [1.807, 2.05) is 0 Å². The van der Waals surface area contributed by atoms with Gasteiger partial charge in [-0.15, -0.1) is 0 Å². The molecule has 0 spiro atoms. The maximum absolute atomic E-state index is 13.1. The van der Waals surface area contributed by atoms with Crippen molar-refractivity contribution >= 4 is 34.8 Å². The maximum Gasteiger partial charge on any atom is 0.282 e. The van der Waals surface area contributed by atoms with Gasteiger partial charge in [-0.2, -0.15) is 0 Å². The number of carbonyl (C=O) groups is 2. The van der Waals surface area contributed by atoms with Gasteiger partial charge in [-0.05, 0) is 30.7 Å². The molecule has 1 fully saturated rings. The second-order valence-corrected chi connectivity index (χ2v) is 6.33. The zero-order chi connectivity index (χ0) is 18.7. The summed E-state index contributed by atoms with van der Waals surface area (Å²) in [6, 6.07) is 12.4. The lowest BCUT2D eigenvalue weighted by molar-refractivity contribution is -0.385. The number of nitrogens with zero attached hydrogens (tertiary/aromatic N) is 3. The minimum Gasteiger partial charge on any atom is -0.324 e. The van der Waals surface area contributed by atoms with Crippen LogP contribution in [0.1, 0.15) is 23.2 Å². The van der Waals surface area contributed by atoms with Crippen molar-refractivity contribution in [1.29, 1.82) is 0 Å². The molecule has 0 radical (unpaired) electrons. The van der Waals surface area contributed by atoms with Crippen LogP contribution in [0.3, 0.4) is 0 Å². The van der Waals surface area contributed by atoms with Crippen LogP contribution >= 0.6 is 11.6 Å². The smallest absolute Gasteiger partial charge is 0.282 e. The van der Waals surface area contributed by atoms with Crippen molar-refractivity contribution in [3.8, 4) is 0 Å². The quantitative estimate of drug-likeness (QED) is 0.593. The van der Waals surface area contributed by atoms with Gasteiger partial charge in [0.1, 0.15) is 12.2 Å². The van der Waals surface area contributed by atoms with E-state index in [4.69, 9.17) is 11.6 Å². The minimum absolute atomic E-state index is 0.0179. The molecule has 1 aliphatic heterocycles. The molecule has 2 aromatic rings. The van der Waals surface area contributed by atoms with Crippen LogP contribution in [0.4, 0.5) is 11.4 Å². The van der Waals surface area contributed by atoms with Crippen molar-refractivity contribution in [2.45, 2.75) is 12.8 Å². The van der Waals surface area contributed by atoms with Crippen molar-refractivity contribution < 1.29 is 14.5 Å². The second-order valence-electron chi connectivity index (χ2n) is 5.89. The van der Waals surface area contributed by atoms with E-state index in [1.165, 1.54) is 23.1 Å². The summed E-state index contributed by atoms with van der Waals surface area (Å²) in [5.74, 6) is -0.605. The number of halogens is 1. The van der Waals surface area contributed by atoms with Crippen LogP contribution in [0.15, 0.2) is 48.5 Å². The van der Waals surface area contributed by atoms with Gasteiger partial charge in [-0.1, -0.05) is 29.8 Å². The normalized spacial score (nSPS) is 13.7. The molecular weight excluding hydrogens is 358 g/mol. The third kappa shape index (κ3) is 3.67. The van der Waals surface area contributed by atoms with E-state index in [2.05, 4.69) is 0 Å². The van der Waals surface area contributed by atoms with Crippen LogP contribution < -0.4 is 4.90 Å². The van der Waals surface area contributed by atoms with E-state index in [1.54, 1.807) is 35.2 Å². The number of anilines is 1. The molecule has 26 heavy (non-hydrogen) atoms. The Morgan fingerprint density at radius 1 is 1.23 bits per heavy atom. The summed E-state index contributed by atoms with van der Waals surface area (Å²) in [6.07, 6.45) is 1.16. The number of rotatable bonds is 5. The predicted molar refractivity (Wildman–Crippen MR) is 97.2 cm³/mol. The third-order valence-corrected chi connectivity index (χ3v) is 4.41. The zero-order valence-electron chi connectivity index (χ0n) is 13.8. The molecule has 0 unspecified atom stereocenters. The van der Waals surface area contributed by atoms with E-state index in [0.29, 0.717) is 23.7 Å². The Balaban J connectivity index is 2.01. The van der Waals surface area contributed by atoms with Gasteiger partial charge >= 0.3 is 0 Å². The zero-order valence-corrected chi connectivity index (χ0v) is 14.6. The number of nitro groups is 1. The number of hydrogen-bond donors (Lipinski definition) is 0. The number of likely N-dealkylation sites (tertiary alicyclic amines) is 1. The van der Waals surface area contributed by atoms with E-state index in [0.717, 1.165) is 6.42 Å². The Bertz CT molecular complexity index is 871. The molecule has 1 saturated heterocycles. The number of nitro benzene ring substituents is 1.